The highest BCUT2D eigenvalue weighted by atomic mass is 16.6. The molecule has 0 radical (unpaired) electrons. The van der Waals surface area contributed by atoms with E-state index in [2.05, 4.69) is 13.8 Å². The smallest absolute Gasteiger partial charge is 0.305 e. The molecule has 47 heavy (non-hydrogen) atoms. The van der Waals surface area contributed by atoms with E-state index < -0.39 is 0 Å². The van der Waals surface area contributed by atoms with Crippen molar-refractivity contribution in [1.29, 1.82) is 0 Å². The molecule has 0 heterocycles. The summed E-state index contributed by atoms with van der Waals surface area (Å²) < 4.78 is 70.5. The molecule has 0 fully saturated rings. The van der Waals surface area contributed by atoms with Crippen LogP contribution < -0.4 is 0 Å². The molecule has 14 nitrogen and oxygen atoms in total. The van der Waals surface area contributed by atoms with Gasteiger partial charge < -0.3 is 61.6 Å². The van der Waals surface area contributed by atoms with E-state index in [1.165, 1.54) is 0 Å². The summed E-state index contributed by atoms with van der Waals surface area (Å²) in [5.74, 6) is 0.406. The fourth-order valence-electron chi connectivity index (χ4n) is 3.31. The number of hydrogen-bond donors (Lipinski definition) is 0. The van der Waals surface area contributed by atoms with Crippen LogP contribution in [0.25, 0.3) is 0 Å². The molecule has 0 spiro atoms. The molecule has 14 heteroatoms. The fraction of sp³-hybridized carbons (Fsp3) is 0.970. The molecule has 0 saturated carbocycles. The second kappa shape index (κ2) is 41.2. The van der Waals surface area contributed by atoms with Crippen LogP contribution in [0.5, 0.6) is 0 Å². The van der Waals surface area contributed by atoms with Gasteiger partial charge in [0.15, 0.2) is 0 Å². The second-order valence-corrected chi connectivity index (χ2v) is 10.3. The first kappa shape index (κ1) is 46.0. The van der Waals surface area contributed by atoms with E-state index in [-0.39, 0.29) is 12.6 Å². The Bertz CT molecular complexity index is 602. The van der Waals surface area contributed by atoms with Crippen molar-refractivity contribution in [1.82, 2.24) is 0 Å². The Morgan fingerprint density at radius 3 is 0.851 bits per heavy atom. The minimum Gasteiger partial charge on any atom is -0.463 e. The number of ether oxygens (including phenoxy) is 13. The van der Waals surface area contributed by atoms with Crippen molar-refractivity contribution >= 4 is 5.97 Å². The highest BCUT2D eigenvalue weighted by Crippen LogP contribution is 2.00. The second-order valence-electron chi connectivity index (χ2n) is 10.3. The zero-order valence-electron chi connectivity index (χ0n) is 29.6. The van der Waals surface area contributed by atoms with Crippen LogP contribution in [-0.2, 0) is 66.4 Å². The lowest BCUT2D eigenvalue weighted by atomic mass is 10.1. The zero-order valence-corrected chi connectivity index (χ0v) is 29.6. The van der Waals surface area contributed by atoms with Crippen molar-refractivity contribution in [3.8, 4) is 0 Å². The average molecular weight is 687 g/mol. The molecule has 0 aliphatic rings. The van der Waals surface area contributed by atoms with E-state index in [1.807, 2.05) is 6.92 Å². The molecule has 1 unspecified atom stereocenters. The molecule has 0 amide bonds. The lowest BCUT2D eigenvalue weighted by Gasteiger charge is -2.10. The van der Waals surface area contributed by atoms with Gasteiger partial charge in [-0.05, 0) is 12.3 Å². The third kappa shape index (κ3) is 41.1. The van der Waals surface area contributed by atoms with Gasteiger partial charge in [-0.2, -0.15) is 0 Å². The maximum atomic E-state index is 11.2. The number of carbonyl (C=O) groups excluding carboxylic acids is 1. The largest absolute Gasteiger partial charge is 0.463 e. The zero-order chi connectivity index (χ0) is 34.1. The summed E-state index contributed by atoms with van der Waals surface area (Å²) in [5, 5.41) is 0. The van der Waals surface area contributed by atoms with Gasteiger partial charge >= 0.3 is 5.97 Å². The summed E-state index contributed by atoms with van der Waals surface area (Å²) in [6.07, 6.45) is 2.36. The SMILES string of the molecule is CCCC(=O)OCCOCCOCCOCCOCCOCCOCCOCCOCCOCCOCCOCCOCC(C)CC. The molecule has 1 atom stereocenters. The molecule has 0 aliphatic carbocycles. The Morgan fingerprint density at radius 1 is 0.383 bits per heavy atom. The van der Waals surface area contributed by atoms with Gasteiger partial charge in [0.25, 0.3) is 0 Å². The third-order valence-electron chi connectivity index (χ3n) is 6.14. The van der Waals surface area contributed by atoms with Gasteiger partial charge in [0, 0.05) is 13.0 Å². The Balaban J connectivity index is 3.07. The van der Waals surface area contributed by atoms with E-state index in [4.69, 9.17) is 61.6 Å². The molecule has 282 valence electrons. The molecule has 0 aliphatic heterocycles. The first-order valence-corrected chi connectivity index (χ1v) is 17.3. The van der Waals surface area contributed by atoms with E-state index in [0.717, 1.165) is 19.4 Å². The normalized spacial score (nSPS) is 12.1. The summed E-state index contributed by atoms with van der Waals surface area (Å²) in [5.41, 5.74) is 0. The molecule has 0 bridgehead atoms. The van der Waals surface area contributed by atoms with Gasteiger partial charge in [0.2, 0.25) is 0 Å². The van der Waals surface area contributed by atoms with Gasteiger partial charge in [-0.1, -0.05) is 27.2 Å². The topological polar surface area (TPSA) is 137 Å². The van der Waals surface area contributed by atoms with Crippen LogP contribution >= 0.6 is 0 Å². The van der Waals surface area contributed by atoms with E-state index >= 15 is 0 Å². The van der Waals surface area contributed by atoms with Gasteiger partial charge in [0.05, 0.1) is 152 Å². The molecular weight excluding hydrogens is 620 g/mol. The first-order valence-electron chi connectivity index (χ1n) is 17.3. The summed E-state index contributed by atoms with van der Waals surface area (Å²) in [6.45, 7) is 19.0. The fourth-order valence-corrected chi connectivity index (χ4v) is 3.31. The first-order chi connectivity index (χ1) is 23.2. The van der Waals surface area contributed by atoms with Crippen molar-refractivity contribution in [2.24, 2.45) is 5.92 Å². The number of esters is 1. The summed E-state index contributed by atoms with van der Waals surface area (Å²) >= 11 is 0. The molecule has 0 aromatic heterocycles. The lowest BCUT2D eigenvalue weighted by molar-refractivity contribution is -0.145. The standard InChI is InChI=1S/C33H66O14/c1-4-6-33(34)47-30-29-45-26-25-43-22-21-41-18-17-39-14-13-37-10-9-35-7-8-36-11-12-38-15-16-40-19-20-42-23-24-44-27-28-46-31-32(3)5-2/h32H,4-31H2,1-3H3. The van der Waals surface area contributed by atoms with Crippen molar-refractivity contribution in [2.45, 2.75) is 40.0 Å². The van der Waals surface area contributed by atoms with E-state index in [9.17, 15) is 4.79 Å². The molecule has 0 aromatic carbocycles. The predicted molar refractivity (Wildman–Crippen MR) is 175 cm³/mol. The van der Waals surface area contributed by atoms with E-state index in [1.54, 1.807) is 0 Å². The monoisotopic (exact) mass is 686 g/mol. The highest BCUT2D eigenvalue weighted by Gasteiger charge is 2.01. The Hall–Kier alpha value is -1.01. The van der Waals surface area contributed by atoms with Crippen LogP contribution in [0.2, 0.25) is 0 Å². The van der Waals surface area contributed by atoms with Crippen LogP contribution in [0.4, 0.5) is 0 Å². The van der Waals surface area contributed by atoms with Crippen molar-refractivity contribution in [2.75, 3.05) is 165 Å². The average Bonchev–Trinajstić information content (AvgIpc) is 3.07. The van der Waals surface area contributed by atoms with Crippen molar-refractivity contribution in [3.05, 3.63) is 0 Å². The van der Waals surface area contributed by atoms with Crippen LogP contribution in [0.3, 0.4) is 0 Å². The van der Waals surface area contributed by atoms with Gasteiger partial charge in [-0.25, -0.2) is 0 Å². The van der Waals surface area contributed by atoms with Gasteiger partial charge in [-0.3, -0.25) is 4.79 Å². The summed E-state index contributed by atoms with van der Waals surface area (Å²) in [7, 11) is 0. The lowest BCUT2D eigenvalue weighted by Crippen LogP contribution is -2.16. The number of rotatable bonds is 41. The van der Waals surface area contributed by atoms with Crippen LogP contribution in [0.15, 0.2) is 0 Å². The number of carbonyl (C=O) groups is 1. The number of hydrogen-bond acceptors (Lipinski definition) is 14. The highest BCUT2D eigenvalue weighted by molar-refractivity contribution is 5.69. The summed E-state index contributed by atoms with van der Waals surface area (Å²) in [4.78, 5) is 11.2. The maximum absolute atomic E-state index is 11.2. The Kier molecular flexibility index (Phi) is 40.3. The minimum absolute atomic E-state index is 0.188. The molecule has 0 rings (SSSR count). The molecule has 0 aromatic rings. The van der Waals surface area contributed by atoms with Crippen LogP contribution in [-0.4, -0.2) is 171 Å². The Labute approximate surface area is 283 Å². The third-order valence-corrected chi connectivity index (χ3v) is 6.14. The molecule has 0 saturated heterocycles. The summed E-state index contributed by atoms with van der Waals surface area (Å²) in [6, 6.07) is 0. The van der Waals surface area contributed by atoms with Gasteiger partial charge in [0.1, 0.15) is 6.61 Å². The molecular formula is C33H66O14. The van der Waals surface area contributed by atoms with Crippen LogP contribution in [0, 0.1) is 5.92 Å². The maximum Gasteiger partial charge on any atom is 0.305 e. The predicted octanol–water partition coefficient (Wildman–Crippen LogP) is 2.58. The Morgan fingerprint density at radius 2 is 0.617 bits per heavy atom. The molecule has 0 N–H and O–H groups in total. The van der Waals surface area contributed by atoms with Crippen LogP contribution in [0.1, 0.15) is 40.0 Å². The van der Waals surface area contributed by atoms with Gasteiger partial charge in [-0.15, -0.1) is 0 Å². The quantitative estimate of drug-likeness (QED) is 0.0688. The minimum atomic E-state index is -0.188. The van der Waals surface area contributed by atoms with Crippen molar-refractivity contribution < 1.29 is 66.4 Å². The van der Waals surface area contributed by atoms with E-state index in [0.29, 0.717) is 164 Å². The van der Waals surface area contributed by atoms with Crippen molar-refractivity contribution in [3.63, 3.8) is 0 Å².